The van der Waals surface area contributed by atoms with Gasteiger partial charge < -0.3 is 10.4 Å². The van der Waals surface area contributed by atoms with Crippen LogP contribution in [0.1, 0.15) is 48.9 Å². The lowest BCUT2D eigenvalue weighted by Crippen LogP contribution is -2.40. The number of hydrogen-bond acceptors (Lipinski definition) is 3. The molecule has 21 heavy (non-hydrogen) atoms. The van der Waals surface area contributed by atoms with Gasteiger partial charge in [0.2, 0.25) is 5.95 Å². The smallest absolute Gasteiger partial charge is 0.303 e. The Morgan fingerprint density at radius 1 is 1.33 bits per heavy atom. The van der Waals surface area contributed by atoms with Crippen molar-refractivity contribution in [3.8, 4) is 0 Å². The topological polar surface area (TPSA) is 79.3 Å². The third-order valence-electron chi connectivity index (χ3n) is 4.05. The number of carboxylic acid groups (broad SMARTS) is 1. The van der Waals surface area contributed by atoms with E-state index in [1.807, 2.05) is 0 Å². The maximum Gasteiger partial charge on any atom is 0.303 e. The fraction of sp³-hybridized carbons (Fsp3) is 0.533. The quantitative estimate of drug-likeness (QED) is 0.817. The molecule has 0 atom stereocenters. The molecule has 1 aliphatic carbocycles. The number of pyridine rings is 1. The third-order valence-corrected chi connectivity index (χ3v) is 4.05. The Kier molecular flexibility index (Phi) is 4.88. The number of halogens is 1. The van der Waals surface area contributed by atoms with E-state index in [9.17, 15) is 14.0 Å². The normalized spacial score (nSPS) is 17.2. The second-order valence-electron chi connectivity index (χ2n) is 5.68. The maximum absolute atomic E-state index is 13.0. The lowest BCUT2D eigenvalue weighted by Gasteiger charge is -2.36. The molecular weight excluding hydrogens is 275 g/mol. The largest absolute Gasteiger partial charge is 0.481 e. The summed E-state index contributed by atoms with van der Waals surface area (Å²) in [4.78, 5) is 26.5. The van der Waals surface area contributed by atoms with E-state index in [-0.39, 0.29) is 17.4 Å². The first kappa shape index (κ1) is 15.4. The number of carboxylic acids is 1. The van der Waals surface area contributed by atoms with Crippen LogP contribution in [-0.4, -0.2) is 28.5 Å². The molecule has 6 heteroatoms. The molecule has 1 heterocycles. The predicted molar refractivity (Wildman–Crippen MR) is 74.3 cm³/mol. The SMILES string of the molecule is O=C(O)CC1(CNC(=O)c2ccnc(F)c2)CCCCC1. The second-order valence-corrected chi connectivity index (χ2v) is 5.68. The molecule has 0 bridgehead atoms. The first-order valence-corrected chi connectivity index (χ1v) is 7.12. The molecular formula is C15H19FN2O3. The molecule has 1 aliphatic rings. The maximum atomic E-state index is 13.0. The van der Waals surface area contributed by atoms with Gasteiger partial charge in [0.25, 0.3) is 5.91 Å². The number of nitrogens with zero attached hydrogens (tertiary/aromatic N) is 1. The van der Waals surface area contributed by atoms with Gasteiger partial charge >= 0.3 is 5.97 Å². The molecule has 0 saturated heterocycles. The average Bonchev–Trinajstić information content (AvgIpc) is 2.45. The Labute approximate surface area is 122 Å². The molecule has 0 unspecified atom stereocenters. The van der Waals surface area contributed by atoms with Crippen LogP contribution in [0, 0.1) is 11.4 Å². The number of carbonyl (C=O) groups is 2. The zero-order valence-corrected chi connectivity index (χ0v) is 11.8. The molecule has 2 rings (SSSR count). The molecule has 0 aliphatic heterocycles. The Morgan fingerprint density at radius 3 is 2.67 bits per heavy atom. The van der Waals surface area contributed by atoms with Crippen LogP contribution >= 0.6 is 0 Å². The zero-order chi connectivity index (χ0) is 15.3. The molecule has 2 N–H and O–H groups in total. The first-order chi connectivity index (χ1) is 10.0. The highest BCUT2D eigenvalue weighted by atomic mass is 19.1. The van der Waals surface area contributed by atoms with Gasteiger partial charge in [0.1, 0.15) is 0 Å². The molecule has 5 nitrogen and oxygen atoms in total. The summed E-state index contributed by atoms with van der Waals surface area (Å²) in [6.07, 6.45) is 5.94. The standard InChI is InChI=1S/C15H19FN2O3/c16-12-8-11(4-7-17-12)14(21)18-10-15(9-13(19)20)5-2-1-3-6-15/h4,7-8H,1-3,5-6,9-10H2,(H,18,21)(H,19,20). The highest BCUT2D eigenvalue weighted by molar-refractivity contribution is 5.94. The molecule has 1 saturated carbocycles. The van der Waals surface area contributed by atoms with Crippen molar-refractivity contribution < 1.29 is 19.1 Å². The van der Waals surface area contributed by atoms with Gasteiger partial charge in [-0.2, -0.15) is 4.39 Å². The van der Waals surface area contributed by atoms with Gasteiger partial charge in [-0.05, 0) is 24.3 Å². The number of nitrogens with one attached hydrogen (secondary N) is 1. The van der Waals surface area contributed by atoms with E-state index in [0.29, 0.717) is 6.54 Å². The number of amides is 1. The molecule has 1 amide bonds. The molecule has 1 aromatic rings. The monoisotopic (exact) mass is 294 g/mol. The van der Waals surface area contributed by atoms with Crippen LogP contribution in [0.3, 0.4) is 0 Å². The summed E-state index contributed by atoms with van der Waals surface area (Å²) in [7, 11) is 0. The Balaban J connectivity index is 2.01. The summed E-state index contributed by atoms with van der Waals surface area (Å²) < 4.78 is 13.0. The minimum Gasteiger partial charge on any atom is -0.481 e. The highest BCUT2D eigenvalue weighted by Crippen LogP contribution is 2.38. The van der Waals surface area contributed by atoms with E-state index in [2.05, 4.69) is 10.3 Å². The fourth-order valence-electron chi connectivity index (χ4n) is 2.95. The van der Waals surface area contributed by atoms with Gasteiger partial charge in [0.05, 0.1) is 6.42 Å². The molecule has 0 spiro atoms. The second kappa shape index (κ2) is 6.65. The summed E-state index contributed by atoms with van der Waals surface area (Å²) in [6, 6.07) is 2.50. The van der Waals surface area contributed by atoms with Gasteiger partial charge in [-0.15, -0.1) is 0 Å². The highest BCUT2D eigenvalue weighted by Gasteiger charge is 2.34. The first-order valence-electron chi connectivity index (χ1n) is 7.12. The van der Waals surface area contributed by atoms with Crippen molar-refractivity contribution in [1.29, 1.82) is 0 Å². The summed E-state index contributed by atoms with van der Waals surface area (Å²) in [6.45, 7) is 0.308. The lowest BCUT2D eigenvalue weighted by molar-refractivity contribution is -0.140. The minimum atomic E-state index is -0.846. The van der Waals surface area contributed by atoms with Gasteiger partial charge in [-0.25, -0.2) is 4.98 Å². The number of aromatic nitrogens is 1. The third kappa shape index (κ3) is 4.24. The Bertz CT molecular complexity index is 527. The average molecular weight is 294 g/mol. The summed E-state index contributed by atoms with van der Waals surface area (Å²) in [5.41, 5.74) is -0.186. The summed E-state index contributed by atoms with van der Waals surface area (Å²) in [5, 5.41) is 11.8. The van der Waals surface area contributed by atoms with Crippen molar-refractivity contribution in [1.82, 2.24) is 10.3 Å². The number of rotatable bonds is 5. The van der Waals surface area contributed by atoms with Gasteiger partial charge in [-0.1, -0.05) is 19.3 Å². The Morgan fingerprint density at radius 2 is 2.05 bits per heavy atom. The van der Waals surface area contributed by atoms with Crippen molar-refractivity contribution in [2.45, 2.75) is 38.5 Å². The van der Waals surface area contributed by atoms with E-state index in [1.165, 1.54) is 12.3 Å². The van der Waals surface area contributed by atoms with Gasteiger partial charge in [0, 0.05) is 24.4 Å². The van der Waals surface area contributed by atoms with E-state index >= 15 is 0 Å². The van der Waals surface area contributed by atoms with E-state index in [0.717, 1.165) is 38.2 Å². The van der Waals surface area contributed by atoms with Crippen LogP contribution in [0.2, 0.25) is 0 Å². The molecule has 114 valence electrons. The van der Waals surface area contributed by atoms with E-state index in [1.54, 1.807) is 0 Å². The van der Waals surface area contributed by atoms with Gasteiger partial charge in [0.15, 0.2) is 0 Å². The van der Waals surface area contributed by atoms with Crippen LogP contribution in [0.25, 0.3) is 0 Å². The fourth-order valence-corrected chi connectivity index (χ4v) is 2.95. The summed E-state index contributed by atoms with van der Waals surface area (Å²) >= 11 is 0. The summed E-state index contributed by atoms with van der Waals surface area (Å²) in [5.74, 6) is -1.95. The molecule has 1 aromatic heterocycles. The van der Waals surface area contributed by atoms with Crippen molar-refractivity contribution in [3.05, 3.63) is 29.8 Å². The zero-order valence-electron chi connectivity index (χ0n) is 11.8. The number of carbonyl (C=O) groups excluding carboxylic acids is 1. The number of aliphatic carboxylic acids is 1. The Hall–Kier alpha value is -1.98. The van der Waals surface area contributed by atoms with E-state index < -0.39 is 17.8 Å². The van der Waals surface area contributed by atoms with Crippen LogP contribution < -0.4 is 5.32 Å². The van der Waals surface area contributed by atoms with Crippen molar-refractivity contribution in [2.24, 2.45) is 5.41 Å². The van der Waals surface area contributed by atoms with Crippen LogP contribution in [0.15, 0.2) is 18.3 Å². The van der Waals surface area contributed by atoms with E-state index in [4.69, 9.17) is 5.11 Å². The minimum absolute atomic E-state index is 0.0536. The predicted octanol–water partition coefficient (Wildman–Crippen LogP) is 2.38. The lowest BCUT2D eigenvalue weighted by atomic mass is 9.71. The van der Waals surface area contributed by atoms with Crippen molar-refractivity contribution >= 4 is 11.9 Å². The molecule has 0 aromatic carbocycles. The van der Waals surface area contributed by atoms with Crippen molar-refractivity contribution in [2.75, 3.05) is 6.54 Å². The van der Waals surface area contributed by atoms with Crippen LogP contribution in [0.4, 0.5) is 4.39 Å². The molecule has 0 radical (unpaired) electrons. The van der Waals surface area contributed by atoms with Crippen molar-refractivity contribution in [3.63, 3.8) is 0 Å². The van der Waals surface area contributed by atoms with Gasteiger partial charge in [-0.3, -0.25) is 9.59 Å². The number of hydrogen-bond donors (Lipinski definition) is 2. The molecule has 1 fully saturated rings. The van der Waals surface area contributed by atoms with Crippen LogP contribution in [-0.2, 0) is 4.79 Å². The van der Waals surface area contributed by atoms with Crippen LogP contribution in [0.5, 0.6) is 0 Å².